The van der Waals surface area contributed by atoms with E-state index in [0.717, 1.165) is 0 Å². The van der Waals surface area contributed by atoms with Crippen LogP contribution in [-0.2, 0) is 10.1 Å². The molecule has 1 aromatic carbocycles. The molecular formula is C17H4F23NaO4S. The van der Waals surface area contributed by atoms with E-state index in [-0.39, 0.29) is 47.8 Å². The van der Waals surface area contributed by atoms with Gasteiger partial charge in [-0.2, -0.15) is 101 Å². The van der Waals surface area contributed by atoms with E-state index in [9.17, 15) is 114 Å². The van der Waals surface area contributed by atoms with Gasteiger partial charge in [0.2, 0.25) is 0 Å². The van der Waals surface area contributed by atoms with Crippen LogP contribution in [0, 0.1) is 0 Å². The van der Waals surface area contributed by atoms with Crippen LogP contribution in [0.15, 0.2) is 29.2 Å². The summed E-state index contributed by atoms with van der Waals surface area (Å²) < 4.78 is 343. The van der Waals surface area contributed by atoms with Crippen molar-refractivity contribution in [1.29, 1.82) is 0 Å². The quantitative estimate of drug-likeness (QED) is 0.174. The van der Waals surface area contributed by atoms with Crippen molar-refractivity contribution in [3.63, 3.8) is 0 Å². The minimum atomic E-state index is -9.54. The maximum absolute atomic E-state index is 13.9. The SMILES string of the molecule is O=S(=O)([O-])c1cccc(OC(F)(F)C(F)(F)C(F)(F)C(F)(F)C(F)(F)C(F)(F)C(F)(F)C(F)(F)C(F)(F)C(F)(F)C(F)(F)F)c1.[Na+]. The van der Waals surface area contributed by atoms with Gasteiger partial charge in [0.15, 0.2) is 0 Å². The molecule has 0 aliphatic rings. The first-order chi connectivity index (χ1) is 19.2. The molecule has 264 valence electrons. The van der Waals surface area contributed by atoms with Crippen molar-refractivity contribution in [2.75, 3.05) is 0 Å². The largest absolute Gasteiger partial charge is 1.00 e. The molecule has 0 aliphatic carbocycles. The Morgan fingerprint density at radius 2 is 0.761 bits per heavy atom. The summed E-state index contributed by atoms with van der Waals surface area (Å²) in [6, 6.07) is -0.515. The fourth-order valence-electron chi connectivity index (χ4n) is 2.65. The minimum absolute atomic E-state index is 0. The predicted octanol–water partition coefficient (Wildman–Crippen LogP) is 4.85. The average molecular weight is 764 g/mol. The van der Waals surface area contributed by atoms with Crippen molar-refractivity contribution in [3.05, 3.63) is 24.3 Å². The molecule has 1 rings (SSSR count). The Morgan fingerprint density at radius 3 is 1.04 bits per heavy atom. The van der Waals surface area contributed by atoms with Crippen molar-refractivity contribution < 1.29 is 148 Å². The van der Waals surface area contributed by atoms with Crippen molar-refractivity contribution in [2.45, 2.75) is 70.5 Å². The molecular weight excluding hydrogens is 760 g/mol. The molecule has 0 aromatic heterocycles. The van der Waals surface area contributed by atoms with E-state index in [1.54, 1.807) is 0 Å². The van der Waals surface area contributed by atoms with E-state index in [4.69, 9.17) is 0 Å². The zero-order valence-electron chi connectivity index (χ0n) is 20.5. The van der Waals surface area contributed by atoms with Gasteiger partial charge in [-0.05, 0) is 18.2 Å². The van der Waals surface area contributed by atoms with Crippen LogP contribution in [0.4, 0.5) is 101 Å². The van der Waals surface area contributed by atoms with Crippen molar-refractivity contribution in [1.82, 2.24) is 0 Å². The van der Waals surface area contributed by atoms with Gasteiger partial charge in [0.25, 0.3) is 0 Å². The number of benzene rings is 1. The summed E-state index contributed by atoms with van der Waals surface area (Å²) in [5, 5.41) is 0. The van der Waals surface area contributed by atoms with Gasteiger partial charge < -0.3 is 9.29 Å². The normalized spacial score (nSPS) is 15.8. The molecule has 29 heteroatoms. The molecule has 0 fully saturated rings. The molecule has 0 radical (unpaired) electrons. The summed E-state index contributed by atoms with van der Waals surface area (Å²) in [5.41, 5.74) is 0. The molecule has 0 unspecified atom stereocenters. The molecule has 0 N–H and O–H groups in total. The molecule has 0 saturated carbocycles. The Bertz CT molecular complexity index is 1370. The van der Waals surface area contributed by atoms with Gasteiger partial charge >= 0.3 is 95.1 Å². The van der Waals surface area contributed by atoms with E-state index in [1.807, 2.05) is 0 Å². The third kappa shape index (κ3) is 6.05. The molecule has 0 spiro atoms. The number of alkyl halides is 23. The number of rotatable bonds is 12. The van der Waals surface area contributed by atoms with Gasteiger partial charge in [0, 0.05) is 0 Å². The molecule has 1 aromatic rings. The van der Waals surface area contributed by atoms with E-state index in [2.05, 4.69) is 4.74 Å². The monoisotopic (exact) mass is 764 g/mol. The van der Waals surface area contributed by atoms with Crippen LogP contribution in [0.2, 0.25) is 0 Å². The summed E-state index contributed by atoms with van der Waals surface area (Å²) in [4.78, 5) is -1.75. The summed E-state index contributed by atoms with van der Waals surface area (Å²) >= 11 is 0. The number of ether oxygens (including phenoxy) is 1. The van der Waals surface area contributed by atoms with Crippen LogP contribution >= 0.6 is 0 Å². The Hall–Kier alpha value is -1.68. The zero-order chi connectivity index (χ0) is 36.7. The second-order valence-corrected chi connectivity index (χ2v) is 9.59. The fourth-order valence-corrected chi connectivity index (χ4v) is 3.15. The first kappa shape index (κ1) is 44.3. The van der Waals surface area contributed by atoms with E-state index < -0.39 is 92.4 Å². The Balaban J connectivity index is 0.0000202. The zero-order valence-corrected chi connectivity index (χ0v) is 23.4. The van der Waals surface area contributed by atoms with E-state index in [1.165, 1.54) is 0 Å². The third-order valence-corrected chi connectivity index (χ3v) is 6.05. The Morgan fingerprint density at radius 1 is 0.478 bits per heavy atom. The molecule has 0 amide bonds. The van der Waals surface area contributed by atoms with Gasteiger partial charge in [0.05, 0.1) is 4.90 Å². The topological polar surface area (TPSA) is 66.4 Å². The number of hydrogen-bond acceptors (Lipinski definition) is 4. The summed E-state index contributed by atoms with van der Waals surface area (Å²) in [5.74, 6) is -84.6. The van der Waals surface area contributed by atoms with E-state index in [0.29, 0.717) is 0 Å². The molecule has 0 saturated heterocycles. The first-order valence-electron chi connectivity index (χ1n) is 9.78. The Kier molecular flexibility index (Phi) is 11.3. The smallest absolute Gasteiger partial charge is 0.744 e. The van der Waals surface area contributed by atoms with Crippen molar-refractivity contribution >= 4 is 10.1 Å². The van der Waals surface area contributed by atoms with Crippen LogP contribution in [0.5, 0.6) is 5.75 Å². The second kappa shape index (κ2) is 11.7. The van der Waals surface area contributed by atoms with Gasteiger partial charge in [-0.1, -0.05) is 6.07 Å². The van der Waals surface area contributed by atoms with Gasteiger partial charge in [0.1, 0.15) is 15.9 Å². The second-order valence-electron chi connectivity index (χ2n) is 8.22. The summed E-state index contributed by atoms with van der Waals surface area (Å²) in [6.07, 6.45) is -15.7. The molecule has 0 heterocycles. The maximum atomic E-state index is 13.9. The van der Waals surface area contributed by atoms with Gasteiger partial charge in [-0.25, -0.2) is 8.42 Å². The van der Waals surface area contributed by atoms with E-state index >= 15 is 0 Å². The van der Waals surface area contributed by atoms with Crippen LogP contribution in [0.25, 0.3) is 0 Å². The van der Waals surface area contributed by atoms with Crippen LogP contribution in [0.1, 0.15) is 0 Å². The molecule has 0 atom stereocenters. The molecule has 46 heavy (non-hydrogen) atoms. The molecule has 0 bridgehead atoms. The molecule has 0 aliphatic heterocycles. The fraction of sp³-hybridized carbons (Fsp3) is 0.647. The average Bonchev–Trinajstić information content (AvgIpc) is 2.81. The number of halogens is 23. The van der Waals surface area contributed by atoms with Gasteiger partial charge in [-0.15, -0.1) is 0 Å². The Labute approximate surface area is 258 Å². The predicted molar refractivity (Wildman–Crippen MR) is 90.6 cm³/mol. The standard InChI is InChI=1S/C17H5F23O4S.Na/c18-7(19,8(20,21)10(24,25)12(28,29)14(32,33)16(36,37)38)9(22,23)11(26,27)13(30,31)15(34,35)17(39,40)44-5-2-1-3-6(4-5)45(41,42)43;/h1-4H,(H,41,42,43);/q;+1/p-1. The first-order valence-corrected chi connectivity index (χ1v) is 11.2. The van der Waals surface area contributed by atoms with Gasteiger partial charge in [-0.3, -0.25) is 0 Å². The summed E-state index contributed by atoms with van der Waals surface area (Å²) in [6.45, 7) is 0. The maximum Gasteiger partial charge on any atom is 1.00 e. The van der Waals surface area contributed by atoms with Crippen LogP contribution in [0.3, 0.4) is 0 Å². The third-order valence-electron chi connectivity index (χ3n) is 5.22. The van der Waals surface area contributed by atoms with Crippen molar-refractivity contribution in [2.24, 2.45) is 0 Å². The van der Waals surface area contributed by atoms with Crippen LogP contribution in [-0.4, -0.2) is 78.6 Å². The summed E-state index contributed by atoms with van der Waals surface area (Å²) in [7, 11) is -5.77. The minimum Gasteiger partial charge on any atom is -0.744 e. The van der Waals surface area contributed by atoms with Crippen molar-refractivity contribution in [3.8, 4) is 5.75 Å². The van der Waals surface area contributed by atoms with Crippen LogP contribution < -0.4 is 34.3 Å². The number of hydrogen-bond donors (Lipinski definition) is 0. The molecule has 4 nitrogen and oxygen atoms in total.